The van der Waals surface area contributed by atoms with E-state index < -0.39 is 0 Å². The van der Waals surface area contributed by atoms with Crippen molar-refractivity contribution < 1.29 is 9.47 Å². The maximum atomic E-state index is 5.24. The van der Waals surface area contributed by atoms with Crippen molar-refractivity contribution in [1.29, 1.82) is 0 Å². The highest BCUT2D eigenvalue weighted by Crippen LogP contribution is 2.24. The molecule has 0 saturated carbocycles. The minimum absolute atomic E-state index is 0.699. The van der Waals surface area contributed by atoms with Gasteiger partial charge in [-0.1, -0.05) is 0 Å². The molecule has 0 fully saturated rings. The Bertz CT molecular complexity index is 518. The Labute approximate surface area is 111 Å². The molecule has 1 heterocycles. The molecular formula is C12H17N5O2. The Hall–Kier alpha value is -2.15. The van der Waals surface area contributed by atoms with Crippen LogP contribution in [0.1, 0.15) is 5.82 Å². The van der Waals surface area contributed by atoms with E-state index >= 15 is 0 Å². The van der Waals surface area contributed by atoms with Crippen molar-refractivity contribution in [2.75, 3.05) is 27.8 Å². The molecule has 7 nitrogen and oxygen atoms in total. The van der Waals surface area contributed by atoms with Crippen LogP contribution in [0.15, 0.2) is 18.2 Å². The zero-order chi connectivity index (χ0) is 13.7. The number of aromatic nitrogens is 4. The van der Waals surface area contributed by atoms with Crippen molar-refractivity contribution in [3.8, 4) is 17.2 Å². The van der Waals surface area contributed by atoms with Crippen molar-refractivity contribution in [1.82, 2.24) is 25.5 Å². The molecule has 102 valence electrons. The lowest BCUT2D eigenvalue weighted by Gasteiger charge is -2.09. The SMILES string of the molecule is CNCCc1nnnn1-c1cc(OC)cc(OC)c1. The van der Waals surface area contributed by atoms with Crippen LogP contribution < -0.4 is 14.8 Å². The highest BCUT2D eigenvalue weighted by molar-refractivity contribution is 5.46. The lowest BCUT2D eigenvalue weighted by atomic mass is 10.2. The topological polar surface area (TPSA) is 74.1 Å². The van der Waals surface area contributed by atoms with E-state index in [-0.39, 0.29) is 0 Å². The van der Waals surface area contributed by atoms with Gasteiger partial charge in [-0.15, -0.1) is 5.10 Å². The third kappa shape index (κ3) is 3.00. The largest absolute Gasteiger partial charge is 0.497 e. The second-order valence-electron chi connectivity index (χ2n) is 3.93. The van der Waals surface area contributed by atoms with Gasteiger partial charge in [0.05, 0.1) is 19.9 Å². The van der Waals surface area contributed by atoms with Crippen LogP contribution in [0.5, 0.6) is 11.5 Å². The summed E-state index contributed by atoms with van der Waals surface area (Å²) in [6, 6.07) is 5.53. The standard InChI is InChI=1S/C12H17N5O2/c1-13-5-4-12-14-15-16-17(12)9-6-10(18-2)8-11(7-9)19-3/h6-8,13H,4-5H2,1-3H3. The second kappa shape index (κ2) is 6.14. The van der Waals surface area contributed by atoms with Gasteiger partial charge >= 0.3 is 0 Å². The number of nitrogens with one attached hydrogen (secondary N) is 1. The number of rotatable bonds is 6. The van der Waals surface area contributed by atoms with Crippen LogP contribution >= 0.6 is 0 Å². The van der Waals surface area contributed by atoms with Gasteiger partial charge in [0.25, 0.3) is 0 Å². The van der Waals surface area contributed by atoms with Gasteiger partial charge in [-0.25, -0.2) is 0 Å². The average Bonchev–Trinajstić information content (AvgIpc) is 2.92. The number of likely N-dealkylation sites (N-methyl/N-ethyl adjacent to an activating group) is 1. The maximum Gasteiger partial charge on any atom is 0.157 e. The summed E-state index contributed by atoms with van der Waals surface area (Å²) in [7, 11) is 5.11. The fourth-order valence-electron chi connectivity index (χ4n) is 1.71. The molecule has 0 spiro atoms. The predicted octanol–water partition coefficient (Wildman–Crippen LogP) is 0.441. The number of benzene rings is 1. The Morgan fingerprint density at radius 2 is 1.84 bits per heavy atom. The molecule has 0 bridgehead atoms. The van der Waals surface area contributed by atoms with Gasteiger partial charge in [0.2, 0.25) is 0 Å². The van der Waals surface area contributed by atoms with Crippen molar-refractivity contribution in [2.24, 2.45) is 0 Å². The molecule has 0 aliphatic rings. The van der Waals surface area contributed by atoms with Gasteiger partial charge in [-0.05, 0) is 17.5 Å². The number of tetrazole rings is 1. The molecule has 0 atom stereocenters. The Balaban J connectivity index is 2.37. The normalized spacial score (nSPS) is 10.5. The van der Waals surface area contributed by atoms with Crippen LogP contribution in [-0.2, 0) is 6.42 Å². The van der Waals surface area contributed by atoms with Gasteiger partial charge < -0.3 is 14.8 Å². The molecule has 2 rings (SSSR count). The smallest absolute Gasteiger partial charge is 0.157 e. The molecule has 0 radical (unpaired) electrons. The van der Waals surface area contributed by atoms with E-state index in [2.05, 4.69) is 20.8 Å². The summed E-state index contributed by atoms with van der Waals surface area (Å²) in [5.41, 5.74) is 0.812. The van der Waals surface area contributed by atoms with Crippen molar-refractivity contribution in [3.63, 3.8) is 0 Å². The fraction of sp³-hybridized carbons (Fsp3) is 0.417. The Morgan fingerprint density at radius 1 is 1.16 bits per heavy atom. The summed E-state index contributed by atoms with van der Waals surface area (Å²) >= 11 is 0. The van der Waals surface area contributed by atoms with Gasteiger partial charge in [-0.3, -0.25) is 0 Å². The molecule has 0 aliphatic heterocycles. The lowest BCUT2D eigenvalue weighted by molar-refractivity contribution is 0.393. The van der Waals surface area contributed by atoms with Gasteiger partial charge in [0.1, 0.15) is 11.5 Å². The van der Waals surface area contributed by atoms with Crippen LogP contribution in [0.25, 0.3) is 5.69 Å². The van der Waals surface area contributed by atoms with E-state index in [1.54, 1.807) is 25.0 Å². The molecule has 0 aliphatic carbocycles. The number of ether oxygens (including phenoxy) is 2. The predicted molar refractivity (Wildman–Crippen MR) is 69.9 cm³/mol. The van der Waals surface area contributed by atoms with Gasteiger partial charge in [0, 0.05) is 31.2 Å². The molecule has 19 heavy (non-hydrogen) atoms. The zero-order valence-electron chi connectivity index (χ0n) is 11.3. The van der Waals surface area contributed by atoms with E-state index in [0.29, 0.717) is 11.5 Å². The molecule has 0 amide bonds. The zero-order valence-corrected chi connectivity index (χ0v) is 11.3. The van der Waals surface area contributed by atoms with Crippen molar-refractivity contribution in [2.45, 2.75) is 6.42 Å². The first kappa shape index (κ1) is 13.3. The number of hydrogen-bond acceptors (Lipinski definition) is 6. The van der Waals surface area contributed by atoms with E-state index in [4.69, 9.17) is 9.47 Å². The van der Waals surface area contributed by atoms with Crippen molar-refractivity contribution in [3.05, 3.63) is 24.0 Å². The number of methoxy groups -OCH3 is 2. The molecule has 1 aromatic carbocycles. The second-order valence-corrected chi connectivity index (χ2v) is 3.93. The van der Waals surface area contributed by atoms with E-state index in [0.717, 1.165) is 24.5 Å². The van der Waals surface area contributed by atoms with Gasteiger partial charge in [-0.2, -0.15) is 4.68 Å². The third-order valence-corrected chi connectivity index (χ3v) is 2.71. The van der Waals surface area contributed by atoms with E-state index in [9.17, 15) is 0 Å². The molecule has 7 heteroatoms. The fourth-order valence-corrected chi connectivity index (χ4v) is 1.71. The van der Waals surface area contributed by atoms with Crippen LogP contribution in [0, 0.1) is 0 Å². The first-order valence-electron chi connectivity index (χ1n) is 5.93. The minimum Gasteiger partial charge on any atom is -0.497 e. The monoisotopic (exact) mass is 263 g/mol. The van der Waals surface area contributed by atoms with E-state index in [1.165, 1.54) is 0 Å². The van der Waals surface area contributed by atoms with E-state index in [1.807, 2.05) is 19.2 Å². The summed E-state index contributed by atoms with van der Waals surface area (Å²) < 4.78 is 12.2. The maximum absolute atomic E-state index is 5.24. The van der Waals surface area contributed by atoms with Crippen LogP contribution in [0.3, 0.4) is 0 Å². The Kier molecular flexibility index (Phi) is 4.30. The summed E-state index contributed by atoms with van der Waals surface area (Å²) in [5, 5.41) is 14.8. The molecule has 1 N–H and O–H groups in total. The first-order valence-corrected chi connectivity index (χ1v) is 5.93. The van der Waals surface area contributed by atoms with Crippen LogP contribution in [0.2, 0.25) is 0 Å². The first-order chi connectivity index (χ1) is 9.28. The van der Waals surface area contributed by atoms with Crippen LogP contribution in [-0.4, -0.2) is 48.0 Å². The van der Waals surface area contributed by atoms with Gasteiger partial charge in [0.15, 0.2) is 5.82 Å². The number of nitrogens with zero attached hydrogens (tertiary/aromatic N) is 4. The molecule has 1 aromatic heterocycles. The quantitative estimate of drug-likeness (QED) is 0.815. The summed E-state index contributed by atoms with van der Waals surface area (Å²) in [6.07, 6.45) is 0.739. The molecule has 2 aromatic rings. The third-order valence-electron chi connectivity index (χ3n) is 2.71. The summed E-state index contributed by atoms with van der Waals surface area (Å²) in [5.74, 6) is 2.18. The van der Waals surface area contributed by atoms with Crippen molar-refractivity contribution >= 4 is 0 Å². The molecular weight excluding hydrogens is 246 g/mol. The highest BCUT2D eigenvalue weighted by Gasteiger charge is 2.10. The summed E-state index contributed by atoms with van der Waals surface area (Å²) in [6.45, 7) is 0.807. The average molecular weight is 263 g/mol. The molecule has 0 saturated heterocycles. The molecule has 0 unspecified atom stereocenters. The summed E-state index contributed by atoms with van der Waals surface area (Å²) in [4.78, 5) is 0. The lowest BCUT2D eigenvalue weighted by Crippen LogP contribution is -2.14. The minimum atomic E-state index is 0.699. The highest BCUT2D eigenvalue weighted by atomic mass is 16.5. The van der Waals surface area contributed by atoms with Crippen LogP contribution in [0.4, 0.5) is 0 Å². The number of hydrogen-bond donors (Lipinski definition) is 1. The Morgan fingerprint density at radius 3 is 2.42 bits per heavy atom.